The average Bonchev–Trinajstić information content (AvgIpc) is 3.66. The molecule has 172 valence electrons. The van der Waals surface area contributed by atoms with Gasteiger partial charge in [-0.15, -0.1) is 0 Å². The van der Waals surface area contributed by atoms with Crippen molar-refractivity contribution >= 4 is 22.6 Å². The summed E-state index contributed by atoms with van der Waals surface area (Å²) in [4.78, 5) is 40.1. The number of fused-ring (bicyclic) bond motifs is 1. The van der Waals surface area contributed by atoms with Crippen LogP contribution in [0.25, 0.3) is 11.0 Å². The minimum atomic E-state index is -2.57. The second-order valence-corrected chi connectivity index (χ2v) is 8.68. The van der Waals surface area contributed by atoms with Crippen molar-refractivity contribution in [1.29, 1.82) is 0 Å². The fourth-order valence-electron chi connectivity index (χ4n) is 4.40. The normalized spacial score (nSPS) is 18.6. The summed E-state index contributed by atoms with van der Waals surface area (Å²) < 4.78 is 36.8. The highest BCUT2D eigenvalue weighted by molar-refractivity contribution is 5.92. The Balaban J connectivity index is 1.24. The van der Waals surface area contributed by atoms with Crippen LogP contribution in [0.3, 0.4) is 0 Å². The molecule has 2 aromatic heterocycles. The van der Waals surface area contributed by atoms with E-state index < -0.39 is 18.7 Å². The summed E-state index contributed by atoms with van der Waals surface area (Å²) in [5.41, 5.74) is 2.88. The molecule has 8 nitrogen and oxygen atoms in total. The van der Waals surface area contributed by atoms with E-state index in [9.17, 15) is 9.59 Å². The van der Waals surface area contributed by atoms with Crippen LogP contribution in [0.2, 0.25) is 0 Å². The largest absolute Gasteiger partial charge is 0.368 e. The first kappa shape index (κ1) is 18.1. The van der Waals surface area contributed by atoms with Crippen molar-refractivity contribution in [2.24, 2.45) is 0 Å². The van der Waals surface area contributed by atoms with E-state index in [1.807, 2.05) is 5.32 Å². The molecule has 0 bridgehead atoms. The van der Waals surface area contributed by atoms with Crippen molar-refractivity contribution in [3.8, 4) is 0 Å². The number of aryl methyl sites for hydroxylation is 1. The maximum absolute atomic E-state index is 15.2. The van der Waals surface area contributed by atoms with E-state index in [4.69, 9.17) is 4.11 Å². The van der Waals surface area contributed by atoms with Crippen LogP contribution in [-0.2, 0) is 6.54 Å². The van der Waals surface area contributed by atoms with Gasteiger partial charge in [0.2, 0.25) is 0 Å². The Morgan fingerprint density at radius 3 is 2.70 bits per heavy atom. The number of hydrogen-bond donors (Lipinski definition) is 2. The summed E-state index contributed by atoms with van der Waals surface area (Å²) in [5, 5.41) is 1.94. The third-order valence-electron chi connectivity index (χ3n) is 6.39. The number of benzene rings is 1. The molecule has 1 aliphatic heterocycles. The molecule has 0 atom stereocenters. The fraction of sp³-hybridized carbons (Fsp3) is 0.417. The van der Waals surface area contributed by atoms with Gasteiger partial charge in [0.1, 0.15) is 16.9 Å². The maximum Gasteiger partial charge on any atom is 0.270 e. The van der Waals surface area contributed by atoms with Gasteiger partial charge in [0, 0.05) is 55.3 Å². The topological polar surface area (TPSA) is 94.2 Å². The highest BCUT2D eigenvalue weighted by atomic mass is 19.1. The zero-order chi connectivity index (χ0) is 25.6. The van der Waals surface area contributed by atoms with Gasteiger partial charge in [0.25, 0.3) is 11.5 Å². The minimum absolute atomic E-state index is 0.0505. The van der Waals surface area contributed by atoms with Crippen LogP contribution in [0.1, 0.15) is 50.3 Å². The highest BCUT2D eigenvalue weighted by Gasteiger charge is 2.29. The zero-order valence-electron chi connectivity index (χ0n) is 21.3. The van der Waals surface area contributed by atoms with Crippen molar-refractivity contribution in [3.05, 3.63) is 63.1 Å². The SMILES string of the molecule is [2H]C([2H])([2H])NC(=O)c1ccc(N2CCN(Cc3ccc4nc(C5CC5)c(=O)[nH]c4c3F)CC2)c(C)n1. The predicted molar refractivity (Wildman–Crippen MR) is 124 cm³/mol. The van der Waals surface area contributed by atoms with E-state index >= 15 is 4.39 Å². The number of nitrogens with one attached hydrogen (secondary N) is 2. The molecule has 0 unspecified atom stereocenters. The van der Waals surface area contributed by atoms with E-state index in [-0.39, 0.29) is 22.7 Å². The number of H-pyrrole nitrogens is 1. The third kappa shape index (κ3) is 4.20. The second-order valence-electron chi connectivity index (χ2n) is 8.68. The minimum Gasteiger partial charge on any atom is -0.368 e. The molecule has 5 rings (SSSR count). The first-order valence-electron chi connectivity index (χ1n) is 12.6. The quantitative estimate of drug-likeness (QED) is 0.616. The number of nitrogens with zero attached hydrogens (tertiary/aromatic N) is 4. The molecule has 1 aliphatic carbocycles. The number of carbonyl (C=O) groups excluding carboxylic acids is 1. The Morgan fingerprint density at radius 2 is 2.00 bits per heavy atom. The molecule has 2 aliphatic rings. The summed E-state index contributed by atoms with van der Waals surface area (Å²) in [7, 11) is 0. The monoisotopic (exact) mass is 453 g/mol. The van der Waals surface area contributed by atoms with E-state index in [0.29, 0.717) is 55.2 Å². The summed E-state index contributed by atoms with van der Waals surface area (Å²) in [5.74, 6) is -0.987. The molecule has 1 aromatic carbocycles. The molecule has 0 radical (unpaired) electrons. The van der Waals surface area contributed by atoms with Gasteiger partial charge < -0.3 is 15.2 Å². The summed E-state index contributed by atoms with van der Waals surface area (Å²) in [6.07, 6.45) is 1.90. The fourth-order valence-corrected chi connectivity index (χ4v) is 4.40. The Morgan fingerprint density at radius 1 is 1.21 bits per heavy atom. The molecule has 33 heavy (non-hydrogen) atoms. The molecule has 1 saturated heterocycles. The Labute approximate surface area is 195 Å². The number of pyridine rings is 1. The van der Waals surface area contributed by atoms with Crippen LogP contribution in [-0.4, -0.2) is 58.9 Å². The number of aromatic nitrogens is 3. The van der Waals surface area contributed by atoms with Crippen LogP contribution in [0.15, 0.2) is 29.1 Å². The Kier molecular flexibility index (Phi) is 4.70. The molecule has 0 spiro atoms. The van der Waals surface area contributed by atoms with Gasteiger partial charge in [-0.3, -0.25) is 14.5 Å². The van der Waals surface area contributed by atoms with Gasteiger partial charge in [-0.25, -0.2) is 14.4 Å². The number of piperazine rings is 1. The van der Waals surface area contributed by atoms with Crippen molar-refractivity contribution in [3.63, 3.8) is 0 Å². The summed E-state index contributed by atoms with van der Waals surface area (Å²) >= 11 is 0. The lowest BCUT2D eigenvalue weighted by Gasteiger charge is -2.36. The molecular weight excluding hydrogens is 423 g/mol. The number of anilines is 1. The first-order valence-corrected chi connectivity index (χ1v) is 11.1. The molecule has 1 amide bonds. The summed E-state index contributed by atoms with van der Waals surface area (Å²) in [6, 6.07) is 6.80. The van der Waals surface area contributed by atoms with E-state index in [0.717, 1.165) is 18.5 Å². The van der Waals surface area contributed by atoms with E-state index in [1.54, 1.807) is 25.1 Å². The maximum atomic E-state index is 15.2. The second kappa shape index (κ2) is 8.55. The van der Waals surface area contributed by atoms with Crippen LogP contribution >= 0.6 is 0 Å². The zero-order valence-corrected chi connectivity index (χ0v) is 18.3. The van der Waals surface area contributed by atoms with Gasteiger partial charge in [-0.2, -0.15) is 0 Å². The van der Waals surface area contributed by atoms with Gasteiger partial charge in [-0.05, 0) is 38.0 Å². The number of halogens is 1. The van der Waals surface area contributed by atoms with E-state index in [1.165, 1.54) is 6.07 Å². The third-order valence-corrected chi connectivity index (χ3v) is 6.39. The lowest BCUT2D eigenvalue weighted by atomic mass is 10.1. The molecule has 3 heterocycles. The molecule has 3 aromatic rings. The number of rotatable bonds is 5. The Bertz CT molecular complexity index is 1380. The lowest BCUT2D eigenvalue weighted by Crippen LogP contribution is -2.46. The first-order chi connectivity index (χ1) is 17.1. The molecule has 2 N–H and O–H groups in total. The average molecular weight is 454 g/mol. The number of amides is 1. The van der Waals surface area contributed by atoms with Crippen molar-refractivity contribution in [2.45, 2.75) is 32.2 Å². The van der Waals surface area contributed by atoms with Crippen LogP contribution in [0.5, 0.6) is 0 Å². The predicted octanol–water partition coefficient (Wildman–Crippen LogP) is 2.32. The standard InChI is InChI=1S/C24H27FN6O2/c1-14-19(8-7-18(27-14)23(32)26-2)31-11-9-30(10-12-31)13-16-5-6-17-22(20(16)25)29-24(33)21(28-17)15-3-4-15/h5-8,15H,3-4,9-13H2,1-2H3,(H,26,32)(H,29,33)/i2D3. The van der Waals surface area contributed by atoms with Gasteiger partial charge in [0.15, 0.2) is 5.82 Å². The van der Waals surface area contributed by atoms with Crippen LogP contribution in [0.4, 0.5) is 10.1 Å². The van der Waals surface area contributed by atoms with Crippen molar-refractivity contribution in [1.82, 2.24) is 25.2 Å². The molecule has 2 fully saturated rings. The molecule has 9 heteroatoms. The number of aromatic amines is 1. The number of carbonyl (C=O) groups is 1. The number of hydrogen-bond acceptors (Lipinski definition) is 6. The van der Waals surface area contributed by atoms with Crippen molar-refractivity contribution in [2.75, 3.05) is 38.1 Å². The van der Waals surface area contributed by atoms with Gasteiger partial charge in [0.05, 0.1) is 16.9 Å². The van der Waals surface area contributed by atoms with Gasteiger partial charge in [-0.1, -0.05) is 6.07 Å². The van der Waals surface area contributed by atoms with Gasteiger partial charge >= 0.3 is 0 Å². The highest BCUT2D eigenvalue weighted by Crippen LogP contribution is 2.37. The van der Waals surface area contributed by atoms with Crippen LogP contribution in [0, 0.1) is 12.7 Å². The Hall–Kier alpha value is -3.33. The molecule has 1 saturated carbocycles. The van der Waals surface area contributed by atoms with E-state index in [2.05, 4.69) is 24.8 Å². The summed E-state index contributed by atoms with van der Waals surface area (Å²) in [6.45, 7) is 2.36. The van der Waals surface area contributed by atoms with Crippen molar-refractivity contribution < 1.29 is 13.3 Å². The smallest absolute Gasteiger partial charge is 0.270 e. The lowest BCUT2D eigenvalue weighted by molar-refractivity contribution is 0.0958. The molecular formula is C24H27FN6O2. The van der Waals surface area contributed by atoms with Crippen LogP contribution < -0.4 is 15.8 Å².